The molecule has 0 amide bonds. The van der Waals surface area contributed by atoms with Crippen LogP contribution in [0.1, 0.15) is 67.9 Å². The van der Waals surface area contributed by atoms with Gasteiger partial charge in [-0.2, -0.15) is 0 Å². The third-order valence-electron chi connectivity index (χ3n) is 8.61. The molecule has 0 atom stereocenters. The largest absolute Gasteiger partial charge is 0.350 e. The summed E-state index contributed by atoms with van der Waals surface area (Å²) in [5, 5.41) is 6.37. The van der Waals surface area contributed by atoms with Gasteiger partial charge in [-0.05, 0) is 92.1 Å². The van der Waals surface area contributed by atoms with E-state index in [-0.39, 0.29) is 0 Å². The van der Waals surface area contributed by atoms with Crippen molar-refractivity contribution in [2.75, 3.05) is 25.0 Å². The molecular weight excluding hydrogens is 416 g/mol. The van der Waals surface area contributed by atoms with Crippen molar-refractivity contribution in [3.63, 3.8) is 0 Å². The molecule has 2 fully saturated rings. The van der Waals surface area contributed by atoms with Gasteiger partial charge in [-0.25, -0.2) is 0 Å². The Morgan fingerprint density at radius 3 is 2.09 bits per heavy atom. The second-order valence-corrected chi connectivity index (χ2v) is 10.7. The van der Waals surface area contributed by atoms with Gasteiger partial charge in [0.1, 0.15) is 0 Å². The van der Waals surface area contributed by atoms with Crippen molar-refractivity contribution >= 4 is 33.2 Å². The number of nitrogens with one attached hydrogen (secondary N) is 1. The first kappa shape index (κ1) is 21.8. The van der Waals surface area contributed by atoms with Gasteiger partial charge in [-0.1, -0.05) is 25.3 Å². The van der Waals surface area contributed by atoms with Crippen LogP contribution in [0.5, 0.6) is 0 Å². The lowest BCUT2D eigenvalue weighted by Crippen LogP contribution is -2.26. The second-order valence-electron chi connectivity index (χ2n) is 10.7. The zero-order chi connectivity index (χ0) is 23.2. The molecule has 0 radical (unpaired) electrons. The van der Waals surface area contributed by atoms with E-state index in [1.807, 2.05) is 0 Å². The van der Waals surface area contributed by atoms with Crippen molar-refractivity contribution in [1.29, 1.82) is 0 Å². The molecule has 2 aromatic heterocycles. The molecule has 178 valence electrons. The summed E-state index contributed by atoms with van der Waals surface area (Å²) in [4.78, 5) is 2.35. The minimum atomic E-state index is 0.656. The van der Waals surface area contributed by atoms with Crippen molar-refractivity contribution in [2.24, 2.45) is 14.1 Å². The van der Waals surface area contributed by atoms with Crippen molar-refractivity contribution in [1.82, 2.24) is 14.5 Å². The van der Waals surface area contributed by atoms with Crippen molar-refractivity contribution in [2.45, 2.75) is 56.8 Å². The monoisotopic (exact) mass is 454 g/mol. The Balaban J connectivity index is 1.35. The number of hydrogen-bond donors (Lipinski definition) is 1. The van der Waals surface area contributed by atoms with Crippen LogP contribution >= 0.6 is 0 Å². The predicted octanol–water partition coefficient (Wildman–Crippen LogP) is 6.95. The molecule has 6 rings (SSSR count). The zero-order valence-corrected chi connectivity index (χ0v) is 21.0. The molecule has 2 aromatic carbocycles. The van der Waals surface area contributed by atoms with Crippen molar-refractivity contribution in [3.05, 3.63) is 59.9 Å². The summed E-state index contributed by atoms with van der Waals surface area (Å²) in [5.41, 5.74) is 8.27. The number of benzene rings is 2. The Morgan fingerprint density at radius 2 is 1.32 bits per heavy atom. The van der Waals surface area contributed by atoms with Crippen LogP contribution in [-0.2, 0) is 14.1 Å². The number of anilines is 2. The molecular formula is C30H38N4. The molecule has 1 aliphatic carbocycles. The highest BCUT2D eigenvalue weighted by Crippen LogP contribution is 2.39. The van der Waals surface area contributed by atoms with Crippen molar-refractivity contribution < 1.29 is 0 Å². The number of nitrogens with zero attached hydrogens (tertiary/aromatic N) is 3. The van der Waals surface area contributed by atoms with Gasteiger partial charge in [0.05, 0.1) is 5.52 Å². The first-order chi connectivity index (χ1) is 16.6. The summed E-state index contributed by atoms with van der Waals surface area (Å²) in [7, 11) is 6.60. The summed E-state index contributed by atoms with van der Waals surface area (Å²) in [6.07, 6.45) is 14.1. The smallest absolute Gasteiger partial charge is 0.0501 e. The fourth-order valence-corrected chi connectivity index (χ4v) is 6.58. The standard InChI is InChI=1S/C30H38N4/c1-32-20-28(22-13-15-31-16-14-22)26-17-23(10-12-29(26)32)34(3)24-9-11-25-27(19-33(2)30(25)18-24)21-7-5-4-6-8-21/h9-12,17-22,31H,4-8,13-16H2,1-3H3. The zero-order valence-electron chi connectivity index (χ0n) is 21.0. The fourth-order valence-electron chi connectivity index (χ4n) is 6.58. The molecule has 3 heterocycles. The Bertz CT molecular complexity index is 1310. The molecule has 0 spiro atoms. The van der Waals surface area contributed by atoms with Crippen LogP contribution in [-0.4, -0.2) is 29.3 Å². The summed E-state index contributed by atoms with van der Waals surface area (Å²) in [6.45, 7) is 2.25. The average molecular weight is 455 g/mol. The number of rotatable bonds is 4. The van der Waals surface area contributed by atoms with Gasteiger partial charge in [0, 0.05) is 61.2 Å². The lowest BCUT2D eigenvalue weighted by Gasteiger charge is -2.23. The molecule has 4 nitrogen and oxygen atoms in total. The van der Waals surface area contributed by atoms with Crippen molar-refractivity contribution in [3.8, 4) is 0 Å². The molecule has 4 aromatic rings. The maximum absolute atomic E-state index is 3.52. The fraction of sp³-hybridized carbons (Fsp3) is 0.467. The number of aryl methyl sites for hydroxylation is 2. The number of aromatic nitrogens is 2. The van der Waals surface area contributed by atoms with Gasteiger partial charge in [-0.3, -0.25) is 0 Å². The Morgan fingerprint density at radius 1 is 0.706 bits per heavy atom. The molecule has 1 saturated carbocycles. The molecule has 4 heteroatoms. The maximum Gasteiger partial charge on any atom is 0.0501 e. The van der Waals surface area contributed by atoms with E-state index in [0.717, 1.165) is 19.0 Å². The molecule has 0 unspecified atom stereocenters. The number of hydrogen-bond acceptors (Lipinski definition) is 2. The second kappa shape index (κ2) is 8.81. The van der Waals surface area contributed by atoms with E-state index in [1.54, 1.807) is 5.56 Å². The molecule has 2 aliphatic rings. The predicted molar refractivity (Wildman–Crippen MR) is 145 cm³/mol. The SMILES string of the molecule is CN(c1ccc2c(c1)c(C1CCNCC1)cn2C)c1ccc2c(C3CCCCC3)cn(C)c2c1. The van der Waals surface area contributed by atoms with Crippen LogP contribution in [0.2, 0.25) is 0 Å². The van der Waals surface area contributed by atoms with Gasteiger partial charge in [0.15, 0.2) is 0 Å². The van der Waals surface area contributed by atoms with E-state index in [1.165, 1.54) is 83.7 Å². The lowest BCUT2D eigenvalue weighted by atomic mass is 9.84. The van der Waals surface area contributed by atoms with Crippen LogP contribution in [0, 0.1) is 0 Å². The first-order valence-corrected chi connectivity index (χ1v) is 13.2. The van der Waals surface area contributed by atoms with Crippen LogP contribution in [0.15, 0.2) is 48.8 Å². The lowest BCUT2D eigenvalue weighted by molar-refractivity contribution is 0.445. The highest BCUT2D eigenvalue weighted by atomic mass is 15.1. The van der Waals surface area contributed by atoms with E-state index >= 15 is 0 Å². The normalized spacial score (nSPS) is 18.2. The highest BCUT2D eigenvalue weighted by Gasteiger charge is 2.22. The topological polar surface area (TPSA) is 25.1 Å². The minimum Gasteiger partial charge on any atom is -0.350 e. The molecule has 1 N–H and O–H groups in total. The number of fused-ring (bicyclic) bond motifs is 2. The van der Waals surface area contributed by atoms with Crippen LogP contribution in [0.3, 0.4) is 0 Å². The van der Waals surface area contributed by atoms with Gasteiger partial charge in [0.2, 0.25) is 0 Å². The van der Waals surface area contributed by atoms with E-state index in [9.17, 15) is 0 Å². The van der Waals surface area contributed by atoms with Gasteiger partial charge in [0.25, 0.3) is 0 Å². The summed E-state index contributed by atoms with van der Waals surface area (Å²) in [5.74, 6) is 1.39. The quantitative estimate of drug-likeness (QED) is 0.361. The Hall–Kier alpha value is -2.72. The average Bonchev–Trinajstić information content (AvgIpc) is 3.40. The van der Waals surface area contributed by atoms with Gasteiger partial charge >= 0.3 is 0 Å². The summed E-state index contributed by atoms with van der Waals surface area (Å²) in [6, 6.07) is 14.1. The highest BCUT2D eigenvalue weighted by molar-refractivity contribution is 5.91. The first-order valence-electron chi connectivity index (χ1n) is 13.2. The third kappa shape index (κ3) is 3.73. The van der Waals surface area contributed by atoms with E-state index in [0.29, 0.717) is 5.92 Å². The number of piperidine rings is 1. The maximum atomic E-state index is 3.52. The van der Waals surface area contributed by atoms with Crippen LogP contribution in [0.4, 0.5) is 11.4 Å². The van der Waals surface area contributed by atoms with Crippen LogP contribution < -0.4 is 10.2 Å². The van der Waals surface area contributed by atoms with E-state index in [2.05, 4.69) is 89.3 Å². The molecule has 34 heavy (non-hydrogen) atoms. The molecule has 0 bridgehead atoms. The van der Waals surface area contributed by atoms with Crippen LogP contribution in [0.25, 0.3) is 21.8 Å². The summed E-state index contributed by atoms with van der Waals surface area (Å²) >= 11 is 0. The third-order valence-corrected chi connectivity index (χ3v) is 8.61. The molecule has 1 saturated heterocycles. The summed E-state index contributed by atoms with van der Waals surface area (Å²) < 4.78 is 4.64. The van der Waals surface area contributed by atoms with Gasteiger partial charge in [-0.15, -0.1) is 0 Å². The van der Waals surface area contributed by atoms with E-state index < -0.39 is 0 Å². The Labute approximate surface area is 203 Å². The van der Waals surface area contributed by atoms with Gasteiger partial charge < -0.3 is 19.4 Å². The minimum absolute atomic E-state index is 0.656. The van der Waals surface area contributed by atoms with E-state index in [4.69, 9.17) is 0 Å². The Kier molecular flexibility index (Phi) is 5.65. The molecule has 1 aliphatic heterocycles.